The average Bonchev–Trinajstić information content (AvgIpc) is 2.89. The standard InChI is InChI=1S/C32H30F2N2S/c1-3-5-22-8-11-28-16-23(9-12-27(28)15-22)7-10-25-13-14-29(19-26(25)6-4-2)35-20-24-17-30(33)32(36-21-37)31(34)18-24/h9,12-14,16-20,22H,3-6,8,11,15H2,1-2H3. The zero-order valence-electron chi connectivity index (χ0n) is 21.3. The Morgan fingerprint density at radius 2 is 1.78 bits per heavy atom. The first-order valence-corrected chi connectivity index (χ1v) is 13.3. The second kappa shape index (κ2) is 12.7. The molecule has 1 atom stereocenters. The Kier molecular flexibility index (Phi) is 9.12. The molecule has 5 heteroatoms. The number of hydrogen-bond acceptors (Lipinski definition) is 3. The molecule has 0 radical (unpaired) electrons. The summed E-state index contributed by atoms with van der Waals surface area (Å²) in [7, 11) is 0. The number of rotatable bonds is 7. The summed E-state index contributed by atoms with van der Waals surface area (Å²) in [6.07, 6.45) is 9.43. The van der Waals surface area contributed by atoms with E-state index in [1.807, 2.05) is 23.4 Å². The number of hydrogen-bond donors (Lipinski definition) is 0. The predicted molar refractivity (Wildman–Crippen MR) is 152 cm³/mol. The first-order valence-electron chi connectivity index (χ1n) is 12.9. The summed E-state index contributed by atoms with van der Waals surface area (Å²) in [6.45, 7) is 4.39. The Balaban J connectivity index is 1.54. The molecule has 37 heavy (non-hydrogen) atoms. The van der Waals surface area contributed by atoms with E-state index in [1.54, 1.807) is 0 Å². The molecule has 3 aromatic rings. The summed E-state index contributed by atoms with van der Waals surface area (Å²) in [4.78, 5) is 7.87. The molecule has 0 aromatic heterocycles. The van der Waals surface area contributed by atoms with Crippen LogP contribution in [0.25, 0.3) is 0 Å². The van der Waals surface area contributed by atoms with E-state index in [0.29, 0.717) is 11.3 Å². The van der Waals surface area contributed by atoms with Gasteiger partial charge in [-0.3, -0.25) is 4.99 Å². The first kappa shape index (κ1) is 26.6. The van der Waals surface area contributed by atoms with Crippen molar-refractivity contribution in [2.45, 2.75) is 58.8 Å². The summed E-state index contributed by atoms with van der Waals surface area (Å²) in [5.41, 5.74) is 6.59. The molecule has 0 aliphatic heterocycles. The van der Waals surface area contributed by atoms with E-state index >= 15 is 0 Å². The summed E-state index contributed by atoms with van der Waals surface area (Å²) in [5, 5.41) is 1.99. The van der Waals surface area contributed by atoms with Gasteiger partial charge >= 0.3 is 0 Å². The third kappa shape index (κ3) is 6.86. The fourth-order valence-electron chi connectivity index (χ4n) is 4.92. The highest BCUT2D eigenvalue weighted by atomic mass is 32.1. The molecule has 0 N–H and O–H groups in total. The fourth-order valence-corrected chi connectivity index (χ4v) is 5.01. The number of isothiocyanates is 1. The largest absolute Gasteiger partial charge is 0.256 e. The molecule has 1 aliphatic rings. The Morgan fingerprint density at radius 3 is 2.51 bits per heavy atom. The zero-order valence-corrected chi connectivity index (χ0v) is 22.1. The third-order valence-corrected chi connectivity index (χ3v) is 6.83. The van der Waals surface area contributed by atoms with Crippen molar-refractivity contribution in [3.63, 3.8) is 0 Å². The van der Waals surface area contributed by atoms with Crippen molar-refractivity contribution in [1.82, 2.24) is 0 Å². The molecule has 1 unspecified atom stereocenters. The van der Waals surface area contributed by atoms with E-state index in [9.17, 15) is 8.78 Å². The van der Waals surface area contributed by atoms with E-state index in [0.717, 1.165) is 41.9 Å². The quantitative estimate of drug-likeness (QED) is 0.176. The van der Waals surface area contributed by atoms with Gasteiger partial charge in [-0.05, 0) is 109 Å². The van der Waals surface area contributed by atoms with Crippen LogP contribution in [0.2, 0.25) is 0 Å². The second-order valence-electron chi connectivity index (χ2n) is 9.52. The van der Waals surface area contributed by atoms with Gasteiger partial charge < -0.3 is 0 Å². The maximum absolute atomic E-state index is 14.1. The van der Waals surface area contributed by atoms with Crippen LogP contribution >= 0.6 is 12.2 Å². The first-order chi connectivity index (χ1) is 18.0. The van der Waals surface area contributed by atoms with Crippen LogP contribution in [0.5, 0.6) is 0 Å². The second-order valence-corrected chi connectivity index (χ2v) is 9.70. The van der Waals surface area contributed by atoms with Gasteiger partial charge in [-0.1, -0.05) is 51.0 Å². The number of aryl methyl sites for hydroxylation is 2. The van der Waals surface area contributed by atoms with Crippen LogP contribution in [-0.4, -0.2) is 11.4 Å². The zero-order chi connectivity index (χ0) is 26.2. The van der Waals surface area contributed by atoms with Crippen molar-refractivity contribution in [2.24, 2.45) is 15.9 Å². The van der Waals surface area contributed by atoms with Crippen molar-refractivity contribution in [2.75, 3.05) is 0 Å². The van der Waals surface area contributed by atoms with Gasteiger partial charge in [-0.2, -0.15) is 4.99 Å². The monoisotopic (exact) mass is 512 g/mol. The highest BCUT2D eigenvalue weighted by Crippen LogP contribution is 2.29. The summed E-state index contributed by atoms with van der Waals surface area (Å²) in [6, 6.07) is 14.8. The highest BCUT2D eigenvalue weighted by molar-refractivity contribution is 7.78. The lowest BCUT2D eigenvalue weighted by molar-refractivity contribution is 0.423. The summed E-state index contributed by atoms with van der Waals surface area (Å²) in [5.74, 6) is 5.92. The highest BCUT2D eigenvalue weighted by Gasteiger charge is 2.18. The molecule has 0 heterocycles. The van der Waals surface area contributed by atoms with Gasteiger partial charge in [-0.15, -0.1) is 0 Å². The van der Waals surface area contributed by atoms with Crippen LogP contribution in [-0.2, 0) is 19.3 Å². The molecule has 4 rings (SSSR count). The lowest BCUT2D eigenvalue weighted by Crippen LogP contribution is -2.14. The van der Waals surface area contributed by atoms with Crippen molar-refractivity contribution in [1.29, 1.82) is 0 Å². The van der Waals surface area contributed by atoms with E-state index in [-0.39, 0.29) is 0 Å². The van der Waals surface area contributed by atoms with Crippen molar-refractivity contribution in [3.8, 4) is 11.8 Å². The van der Waals surface area contributed by atoms with Crippen LogP contribution in [0.3, 0.4) is 0 Å². The Hall–Kier alpha value is -3.45. The molecule has 0 amide bonds. The maximum atomic E-state index is 14.1. The molecule has 0 bridgehead atoms. The predicted octanol–water partition coefficient (Wildman–Crippen LogP) is 8.71. The number of halogens is 2. The van der Waals surface area contributed by atoms with Gasteiger partial charge in [0.15, 0.2) is 11.6 Å². The lowest BCUT2D eigenvalue weighted by Gasteiger charge is -2.24. The lowest BCUT2D eigenvalue weighted by atomic mass is 9.81. The molecule has 0 fully saturated rings. The van der Waals surface area contributed by atoms with E-state index in [1.165, 1.54) is 55.2 Å². The van der Waals surface area contributed by atoms with Crippen LogP contribution in [0.15, 0.2) is 58.5 Å². The number of fused-ring (bicyclic) bond motifs is 1. The van der Waals surface area contributed by atoms with Gasteiger partial charge in [0.25, 0.3) is 0 Å². The normalized spacial score (nSPS) is 14.5. The number of aliphatic imine (C=N–C) groups is 2. The minimum Gasteiger partial charge on any atom is -0.256 e. The SMILES string of the molecule is CCCc1cc(N=Cc2cc(F)c(N=C=S)c(F)c2)ccc1C#Cc1ccc2c(c1)CCC(CCC)C2. The Morgan fingerprint density at radius 1 is 0.973 bits per heavy atom. The van der Waals surface area contributed by atoms with Crippen LogP contribution in [0.4, 0.5) is 20.2 Å². The number of thiocarbonyl (C=S) groups is 1. The fraction of sp³-hybridized carbons (Fsp3) is 0.312. The van der Waals surface area contributed by atoms with E-state index < -0.39 is 17.3 Å². The van der Waals surface area contributed by atoms with Crippen LogP contribution in [0.1, 0.15) is 72.9 Å². The molecule has 1 aliphatic carbocycles. The molecular formula is C32H30F2N2S. The number of benzene rings is 3. The minimum absolute atomic E-state index is 0.299. The Labute approximate surface area is 223 Å². The molecule has 0 saturated carbocycles. The topological polar surface area (TPSA) is 24.7 Å². The molecule has 0 saturated heterocycles. The van der Waals surface area contributed by atoms with Crippen LogP contribution < -0.4 is 0 Å². The molecule has 2 nitrogen and oxygen atoms in total. The van der Waals surface area contributed by atoms with E-state index in [2.05, 4.69) is 66.1 Å². The van der Waals surface area contributed by atoms with Crippen molar-refractivity contribution in [3.05, 3.63) is 93.5 Å². The minimum atomic E-state index is -0.806. The van der Waals surface area contributed by atoms with Gasteiger partial charge in [0.05, 0.1) is 10.8 Å². The van der Waals surface area contributed by atoms with Crippen molar-refractivity contribution < 1.29 is 8.78 Å². The van der Waals surface area contributed by atoms with Gasteiger partial charge in [0.2, 0.25) is 0 Å². The summed E-state index contributed by atoms with van der Waals surface area (Å²) < 4.78 is 28.2. The smallest absolute Gasteiger partial charge is 0.153 e. The number of nitrogens with zero attached hydrogens (tertiary/aromatic N) is 2. The molecular weight excluding hydrogens is 482 g/mol. The molecule has 188 valence electrons. The molecule has 0 spiro atoms. The summed E-state index contributed by atoms with van der Waals surface area (Å²) >= 11 is 4.44. The van der Waals surface area contributed by atoms with Crippen LogP contribution in [0, 0.1) is 29.4 Å². The van der Waals surface area contributed by atoms with Gasteiger partial charge in [0, 0.05) is 17.3 Å². The van der Waals surface area contributed by atoms with E-state index in [4.69, 9.17) is 0 Å². The average molecular weight is 513 g/mol. The van der Waals surface area contributed by atoms with Crippen molar-refractivity contribution >= 4 is 35.0 Å². The molecule has 3 aromatic carbocycles. The Bertz CT molecular complexity index is 1400. The third-order valence-electron chi connectivity index (χ3n) is 6.74. The maximum Gasteiger partial charge on any atom is 0.153 e. The van der Waals surface area contributed by atoms with Gasteiger partial charge in [0.1, 0.15) is 5.69 Å². The van der Waals surface area contributed by atoms with Gasteiger partial charge in [-0.25, -0.2) is 8.78 Å².